The van der Waals surface area contributed by atoms with E-state index >= 15 is 0 Å². The van der Waals surface area contributed by atoms with Gasteiger partial charge < -0.3 is 9.52 Å². The molecular formula is C11H17NO4S. The number of rotatable bonds is 7. The Kier molecular flexibility index (Phi) is 4.92. The lowest BCUT2D eigenvalue weighted by molar-refractivity contribution is 0.235. The largest absolute Gasteiger partial charge is 0.446 e. The van der Waals surface area contributed by atoms with Crippen LogP contribution in [-0.2, 0) is 16.6 Å². The predicted octanol–water partition coefficient (Wildman–Crippen LogP) is 1.36. The van der Waals surface area contributed by atoms with Crippen molar-refractivity contribution in [1.82, 2.24) is 4.31 Å². The fraction of sp³-hybridized carbons (Fsp3) is 0.455. The number of hydrogen-bond donors (Lipinski definition) is 1. The van der Waals surface area contributed by atoms with Gasteiger partial charge in [-0.15, -0.1) is 6.58 Å². The van der Waals surface area contributed by atoms with E-state index in [0.29, 0.717) is 13.0 Å². The molecule has 1 aromatic rings. The van der Waals surface area contributed by atoms with E-state index in [9.17, 15) is 8.42 Å². The second-order valence-corrected chi connectivity index (χ2v) is 5.61. The number of hydrogen-bond acceptors (Lipinski definition) is 4. The normalized spacial score (nSPS) is 11.9. The third-order valence-electron chi connectivity index (χ3n) is 2.34. The predicted molar refractivity (Wildman–Crippen MR) is 63.9 cm³/mol. The van der Waals surface area contributed by atoms with E-state index in [-0.39, 0.29) is 17.5 Å². The number of unbranched alkanes of at least 4 members (excludes halogenated alkanes) is 1. The van der Waals surface area contributed by atoms with Crippen molar-refractivity contribution in [3.63, 3.8) is 0 Å². The van der Waals surface area contributed by atoms with E-state index in [2.05, 4.69) is 6.58 Å². The Morgan fingerprint density at radius 3 is 2.76 bits per heavy atom. The van der Waals surface area contributed by atoms with Gasteiger partial charge >= 0.3 is 0 Å². The number of allylic oxidation sites excluding steroid dienone is 1. The molecule has 1 heterocycles. The molecule has 1 N–H and O–H groups in total. The fourth-order valence-electron chi connectivity index (χ4n) is 1.31. The highest BCUT2D eigenvalue weighted by Crippen LogP contribution is 2.18. The minimum absolute atomic E-state index is 0.136. The summed E-state index contributed by atoms with van der Waals surface area (Å²) in [7, 11) is -2.09. The van der Waals surface area contributed by atoms with Gasteiger partial charge in [-0.3, -0.25) is 0 Å². The smallest absolute Gasteiger partial charge is 0.276 e. The minimum atomic E-state index is -3.59. The first-order valence-electron chi connectivity index (χ1n) is 5.29. The summed E-state index contributed by atoms with van der Waals surface area (Å²) in [6.45, 7) is 3.67. The average Bonchev–Trinajstić information content (AvgIpc) is 2.78. The Bertz CT molecular complexity index is 464. The molecule has 1 rings (SSSR count). The molecule has 0 spiro atoms. The zero-order valence-electron chi connectivity index (χ0n) is 9.80. The standard InChI is InChI=1S/C11H17NO4S/c1-3-4-5-8-12(2)17(14,15)11-7-6-10(9-13)16-11/h3,6-7,13H,1,4-5,8-9H2,2H3. The highest BCUT2D eigenvalue weighted by molar-refractivity contribution is 7.89. The summed E-state index contributed by atoms with van der Waals surface area (Å²) in [5, 5.41) is 8.68. The molecule has 0 aliphatic carbocycles. The number of aliphatic hydroxyl groups is 1. The van der Waals surface area contributed by atoms with Gasteiger partial charge in [0.2, 0.25) is 5.09 Å². The van der Waals surface area contributed by atoms with Crippen LogP contribution in [0.25, 0.3) is 0 Å². The van der Waals surface area contributed by atoms with Crippen molar-refractivity contribution in [1.29, 1.82) is 0 Å². The number of sulfonamides is 1. The molecular weight excluding hydrogens is 242 g/mol. The van der Waals surface area contributed by atoms with Gasteiger partial charge in [-0.2, -0.15) is 4.31 Å². The molecule has 0 saturated heterocycles. The quantitative estimate of drug-likeness (QED) is 0.593. The van der Waals surface area contributed by atoms with Crippen LogP contribution in [0.3, 0.4) is 0 Å². The van der Waals surface area contributed by atoms with Crippen LogP contribution in [0.2, 0.25) is 0 Å². The van der Waals surface area contributed by atoms with E-state index < -0.39 is 10.0 Å². The maximum atomic E-state index is 12.0. The molecule has 0 amide bonds. The molecule has 0 saturated carbocycles. The molecule has 6 heteroatoms. The van der Waals surface area contributed by atoms with Crippen molar-refractivity contribution in [2.24, 2.45) is 0 Å². The first-order chi connectivity index (χ1) is 8.02. The zero-order chi connectivity index (χ0) is 12.9. The third-order valence-corrected chi connectivity index (χ3v) is 4.07. The van der Waals surface area contributed by atoms with Gasteiger partial charge in [0.15, 0.2) is 0 Å². The van der Waals surface area contributed by atoms with E-state index in [0.717, 1.165) is 6.42 Å². The molecule has 0 aliphatic rings. The summed E-state index contributed by atoms with van der Waals surface area (Å²) in [6, 6.07) is 2.80. The molecule has 0 radical (unpaired) electrons. The second kappa shape index (κ2) is 6.00. The molecule has 0 bridgehead atoms. The maximum Gasteiger partial charge on any atom is 0.276 e. The third kappa shape index (κ3) is 3.42. The lowest BCUT2D eigenvalue weighted by atomic mass is 10.3. The van der Waals surface area contributed by atoms with Crippen LogP contribution in [0, 0.1) is 0 Å². The van der Waals surface area contributed by atoms with Crippen molar-refractivity contribution in [2.45, 2.75) is 24.5 Å². The molecule has 5 nitrogen and oxygen atoms in total. The molecule has 0 atom stereocenters. The van der Waals surface area contributed by atoms with Crippen LogP contribution >= 0.6 is 0 Å². The summed E-state index contributed by atoms with van der Waals surface area (Å²) in [4.78, 5) is 0. The van der Waals surface area contributed by atoms with E-state index in [1.54, 1.807) is 6.08 Å². The molecule has 96 valence electrons. The molecule has 0 fully saturated rings. The van der Waals surface area contributed by atoms with Gasteiger partial charge in [0.05, 0.1) is 0 Å². The Morgan fingerprint density at radius 2 is 2.24 bits per heavy atom. The topological polar surface area (TPSA) is 70.8 Å². The van der Waals surface area contributed by atoms with Gasteiger partial charge in [-0.25, -0.2) is 8.42 Å². The van der Waals surface area contributed by atoms with Crippen molar-refractivity contribution < 1.29 is 17.9 Å². The van der Waals surface area contributed by atoms with Gasteiger partial charge in [-0.05, 0) is 25.0 Å². The minimum Gasteiger partial charge on any atom is -0.446 e. The summed E-state index contributed by atoms with van der Waals surface area (Å²) in [5.74, 6) is 0.239. The summed E-state index contributed by atoms with van der Waals surface area (Å²) < 4.78 is 30.2. The lowest BCUT2D eigenvalue weighted by Crippen LogP contribution is -2.27. The summed E-state index contributed by atoms with van der Waals surface area (Å²) >= 11 is 0. The summed E-state index contributed by atoms with van der Waals surface area (Å²) in [5.41, 5.74) is 0. The van der Waals surface area contributed by atoms with Crippen LogP contribution in [0.4, 0.5) is 0 Å². The van der Waals surface area contributed by atoms with Crippen molar-refractivity contribution in [3.8, 4) is 0 Å². The van der Waals surface area contributed by atoms with E-state index in [4.69, 9.17) is 9.52 Å². The van der Waals surface area contributed by atoms with Crippen LogP contribution in [0.1, 0.15) is 18.6 Å². The molecule has 17 heavy (non-hydrogen) atoms. The fourth-order valence-corrected chi connectivity index (χ4v) is 2.44. The highest BCUT2D eigenvalue weighted by Gasteiger charge is 2.23. The van der Waals surface area contributed by atoms with Crippen molar-refractivity contribution >= 4 is 10.0 Å². The number of nitrogens with zero attached hydrogens (tertiary/aromatic N) is 1. The average molecular weight is 259 g/mol. The van der Waals surface area contributed by atoms with Gasteiger partial charge in [0.25, 0.3) is 10.0 Å². The van der Waals surface area contributed by atoms with Crippen LogP contribution in [-0.4, -0.2) is 31.4 Å². The van der Waals surface area contributed by atoms with E-state index in [1.165, 1.54) is 23.5 Å². The number of aliphatic hydroxyl groups excluding tert-OH is 1. The van der Waals surface area contributed by atoms with Crippen LogP contribution in [0.15, 0.2) is 34.3 Å². The maximum absolute atomic E-state index is 12.0. The van der Waals surface area contributed by atoms with Gasteiger partial charge in [0, 0.05) is 13.6 Å². The van der Waals surface area contributed by atoms with Gasteiger partial charge in [-0.1, -0.05) is 6.08 Å². The van der Waals surface area contributed by atoms with Crippen LogP contribution in [0.5, 0.6) is 0 Å². The zero-order valence-corrected chi connectivity index (χ0v) is 10.6. The van der Waals surface area contributed by atoms with Gasteiger partial charge in [0.1, 0.15) is 12.4 Å². The highest BCUT2D eigenvalue weighted by atomic mass is 32.2. The lowest BCUT2D eigenvalue weighted by Gasteiger charge is -2.14. The Balaban J connectivity index is 2.76. The Morgan fingerprint density at radius 1 is 1.53 bits per heavy atom. The molecule has 1 aromatic heterocycles. The second-order valence-electron chi connectivity index (χ2n) is 3.64. The monoisotopic (exact) mass is 259 g/mol. The first kappa shape index (κ1) is 14.0. The number of furan rings is 1. The van der Waals surface area contributed by atoms with Crippen LogP contribution < -0.4 is 0 Å². The molecule has 0 unspecified atom stereocenters. The van der Waals surface area contributed by atoms with Crippen molar-refractivity contribution in [3.05, 3.63) is 30.5 Å². The van der Waals surface area contributed by atoms with Crippen molar-refractivity contribution in [2.75, 3.05) is 13.6 Å². The summed E-state index contributed by atoms with van der Waals surface area (Å²) in [6.07, 6.45) is 3.23. The molecule has 0 aliphatic heterocycles. The Hall–Kier alpha value is -1.11. The first-order valence-corrected chi connectivity index (χ1v) is 6.73. The molecule has 0 aromatic carbocycles. The Labute approximate surface area is 101 Å². The SMILES string of the molecule is C=CCCCN(C)S(=O)(=O)c1ccc(CO)o1. The van der Waals surface area contributed by atoms with E-state index in [1.807, 2.05) is 0 Å².